The molecule has 0 saturated carbocycles. The minimum atomic E-state index is -3.91. The molecule has 3 heterocycles. The summed E-state index contributed by atoms with van der Waals surface area (Å²) in [5, 5.41) is 3.85. The van der Waals surface area contributed by atoms with Crippen LogP contribution in [0.15, 0.2) is 39.8 Å². The molecular weight excluding hydrogens is 440 g/mol. The Labute approximate surface area is 183 Å². The second kappa shape index (κ2) is 8.23. The number of rotatable bonds is 6. The van der Waals surface area contributed by atoms with Gasteiger partial charge in [0.2, 0.25) is 5.82 Å². The third kappa shape index (κ3) is 4.37. The van der Waals surface area contributed by atoms with E-state index in [0.29, 0.717) is 28.4 Å². The molecule has 31 heavy (non-hydrogen) atoms. The van der Waals surface area contributed by atoms with Crippen molar-refractivity contribution in [1.82, 2.24) is 15.0 Å². The van der Waals surface area contributed by atoms with E-state index < -0.39 is 10.0 Å². The lowest BCUT2D eigenvalue weighted by atomic mass is 10.1. The predicted molar refractivity (Wildman–Crippen MR) is 115 cm³/mol. The van der Waals surface area contributed by atoms with Crippen molar-refractivity contribution >= 4 is 38.7 Å². The van der Waals surface area contributed by atoms with E-state index in [1.54, 1.807) is 30.0 Å². The highest BCUT2D eigenvalue weighted by molar-refractivity contribution is 7.93. The smallest absolute Gasteiger partial charge is 0.316 e. The Hall–Kier alpha value is -3.05. The number of nitrogens with zero attached hydrogens (tertiary/aromatic N) is 3. The lowest BCUT2D eigenvalue weighted by Crippen LogP contribution is -2.27. The number of hydrogen-bond donors (Lipinski definition) is 1. The van der Waals surface area contributed by atoms with E-state index in [0.717, 1.165) is 12.8 Å². The maximum atomic E-state index is 12.9. The number of aromatic nitrogens is 2. The molecule has 1 N–H and O–H groups in total. The molecule has 1 aliphatic rings. The van der Waals surface area contributed by atoms with Gasteiger partial charge in [0.1, 0.15) is 4.90 Å². The van der Waals surface area contributed by atoms with Crippen molar-refractivity contribution in [3.63, 3.8) is 0 Å². The van der Waals surface area contributed by atoms with Crippen LogP contribution in [-0.4, -0.2) is 48.2 Å². The van der Waals surface area contributed by atoms with Crippen LogP contribution in [0.5, 0.6) is 0 Å². The number of ketones is 1. The number of Topliss-reactive ketones (excluding diaryl/α,β-unsaturated/α-hetero) is 1. The Bertz CT molecular complexity index is 1260. The summed E-state index contributed by atoms with van der Waals surface area (Å²) in [6.07, 6.45) is 1.89. The van der Waals surface area contributed by atoms with Crippen molar-refractivity contribution in [2.45, 2.75) is 31.6 Å². The maximum Gasteiger partial charge on any atom is 0.316 e. The normalized spacial score (nSPS) is 14.1. The van der Waals surface area contributed by atoms with Crippen molar-refractivity contribution in [2.24, 2.45) is 0 Å². The van der Waals surface area contributed by atoms with Gasteiger partial charge >= 0.3 is 11.8 Å². The van der Waals surface area contributed by atoms with Crippen molar-refractivity contribution in [3.05, 3.63) is 46.7 Å². The number of aryl methyl sites for hydroxylation is 1. The Morgan fingerprint density at radius 2 is 1.94 bits per heavy atom. The van der Waals surface area contributed by atoms with E-state index in [9.17, 15) is 18.0 Å². The van der Waals surface area contributed by atoms with Crippen LogP contribution in [-0.2, 0) is 10.0 Å². The van der Waals surface area contributed by atoms with E-state index in [1.807, 2.05) is 0 Å². The number of likely N-dealkylation sites (tertiary alicyclic amines) is 1. The number of anilines is 1. The molecule has 9 nitrogen and oxygen atoms in total. The Balaban J connectivity index is 1.58. The summed E-state index contributed by atoms with van der Waals surface area (Å²) < 4.78 is 33.5. The summed E-state index contributed by atoms with van der Waals surface area (Å²) >= 11 is 1.19. The topological polar surface area (TPSA) is 122 Å². The molecule has 11 heteroatoms. The largest absolute Gasteiger partial charge is 0.334 e. The molecule has 0 radical (unpaired) electrons. The molecule has 0 spiro atoms. The average molecular weight is 461 g/mol. The minimum Gasteiger partial charge on any atom is -0.334 e. The van der Waals surface area contributed by atoms with Gasteiger partial charge in [-0.3, -0.25) is 14.3 Å². The third-order valence-electron chi connectivity index (χ3n) is 4.91. The van der Waals surface area contributed by atoms with Crippen molar-refractivity contribution in [2.75, 3.05) is 17.8 Å². The number of nitrogens with one attached hydrogen (secondary N) is 1. The molecule has 4 rings (SSSR count). The van der Waals surface area contributed by atoms with Gasteiger partial charge in [-0.2, -0.15) is 4.98 Å². The molecule has 0 aliphatic carbocycles. The lowest BCUT2D eigenvalue weighted by Gasteiger charge is -2.10. The SMILES string of the molecule is CC(=O)c1cccc(NS(=O)(=O)c2cc(-c3noc(C(=O)N4CCCC4)n3)sc2C)c1. The Morgan fingerprint density at radius 1 is 1.19 bits per heavy atom. The van der Waals surface area contributed by atoms with Crippen molar-refractivity contribution < 1.29 is 22.5 Å². The fourth-order valence-electron chi connectivity index (χ4n) is 3.32. The molecule has 162 valence electrons. The van der Waals surface area contributed by atoms with Gasteiger partial charge in [0, 0.05) is 29.2 Å². The summed E-state index contributed by atoms with van der Waals surface area (Å²) in [5.74, 6) is -0.418. The zero-order chi connectivity index (χ0) is 22.2. The highest BCUT2D eigenvalue weighted by atomic mass is 32.2. The molecule has 1 fully saturated rings. The van der Waals surface area contributed by atoms with Gasteiger partial charge in [-0.25, -0.2) is 8.42 Å². The van der Waals surface area contributed by atoms with Crippen LogP contribution in [0.3, 0.4) is 0 Å². The van der Waals surface area contributed by atoms with E-state index in [1.165, 1.54) is 30.4 Å². The molecule has 3 aromatic rings. The summed E-state index contributed by atoms with van der Waals surface area (Å²) in [6, 6.07) is 7.73. The lowest BCUT2D eigenvalue weighted by molar-refractivity contribution is 0.0743. The van der Waals surface area contributed by atoms with Gasteiger partial charge in [-0.1, -0.05) is 17.3 Å². The second-order valence-corrected chi connectivity index (χ2v) is 10.1. The first kappa shape index (κ1) is 21.2. The van der Waals surface area contributed by atoms with Crippen LogP contribution < -0.4 is 4.72 Å². The van der Waals surface area contributed by atoms with Crippen LogP contribution in [0.4, 0.5) is 5.69 Å². The van der Waals surface area contributed by atoms with Gasteiger partial charge < -0.3 is 9.42 Å². The van der Waals surface area contributed by atoms with Crippen molar-refractivity contribution in [3.8, 4) is 10.7 Å². The van der Waals surface area contributed by atoms with E-state index in [4.69, 9.17) is 4.52 Å². The first-order valence-corrected chi connectivity index (χ1v) is 11.9. The van der Waals surface area contributed by atoms with Crippen LogP contribution in [0.1, 0.15) is 45.7 Å². The summed E-state index contributed by atoms with van der Waals surface area (Å²) in [5.41, 5.74) is 0.697. The minimum absolute atomic E-state index is 0.0675. The highest BCUT2D eigenvalue weighted by Crippen LogP contribution is 2.33. The number of hydrogen-bond acceptors (Lipinski definition) is 8. The molecule has 1 aliphatic heterocycles. The molecular formula is C20H20N4O5S2. The van der Waals surface area contributed by atoms with Gasteiger partial charge in [-0.15, -0.1) is 11.3 Å². The Kier molecular flexibility index (Phi) is 5.63. The molecule has 1 amide bonds. The number of carbonyl (C=O) groups excluding carboxylic acids is 2. The third-order valence-corrected chi connectivity index (χ3v) is 7.59. The Morgan fingerprint density at radius 3 is 2.65 bits per heavy atom. The van der Waals surface area contributed by atoms with Crippen LogP contribution in [0.2, 0.25) is 0 Å². The number of benzene rings is 1. The molecule has 1 saturated heterocycles. The average Bonchev–Trinajstić information content (AvgIpc) is 3.47. The van der Waals surface area contributed by atoms with Crippen LogP contribution in [0, 0.1) is 6.92 Å². The summed E-state index contributed by atoms with van der Waals surface area (Å²) in [7, 11) is -3.91. The summed E-state index contributed by atoms with van der Waals surface area (Å²) in [4.78, 5) is 30.9. The highest BCUT2D eigenvalue weighted by Gasteiger charge is 2.27. The van der Waals surface area contributed by atoms with Gasteiger partial charge in [0.05, 0.1) is 4.88 Å². The summed E-state index contributed by atoms with van der Waals surface area (Å²) in [6.45, 7) is 4.41. The standard InChI is InChI=1S/C20H20N4O5S2/c1-12(25)14-6-5-7-15(10-14)23-31(27,28)17-11-16(30-13(17)2)18-21-19(29-22-18)20(26)24-8-3-4-9-24/h5-7,10-11,23H,3-4,8-9H2,1-2H3. The number of amides is 1. The molecule has 0 bridgehead atoms. The number of thiophene rings is 1. The molecule has 0 atom stereocenters. The first-order chi connectivity index (χ1) is 14.7. The zero-order valence-electron chi connectivity index (χ0n) is 16.9. The van der Waals surface area contributed by atoms with Crippen LogP contribution >= 0.6 is 11.3 Å². The number of sulfonamides is 1. The quantitative estimate of drug-likeness (QED) is 0.560. The molecule has 2 aromatic heterocycles. The first-order valence-electron chi connectivity index (χ1n) is 9.62. The van der Waals surface area contributed by atoms with E-state index >= 15 is 0 Å². The van der Waals surface area contributed by atoms with E-state index in [-0.39, 0.29) is 34.0 Å². The fraction of sp³-hybridized carbons (Fsp3) is 0.300. The second-order valence-electron chi connectivity index (χ2n) is 7.20. The van der Waals surface area contributed by atoms with E-state index in [2.05, 4.69) is 14.9 Å². The maximum absolute atomic E-state index is 12.9. The van der Waals surface area contributed by atoms with Gasteiger partial charge in [-0.05, 0) is 44.9 Å². The van der Waals surface area contributed by atoms with Gasteiger partial charge in [0.25, 0.3) is 10.0 Å². The fourth-order valence-corrected chi connectivity index (χ4v) is 5.89. The molecule has 0 unspecified atom stereocenters. The van der Waals surface area contributed by atoms with Gasteiger partial charge in [0.15, 0.2) is 5.78 Å². The number of carbonyl (C=O) groups is 2. The monoisotopic (exact) mass is 460 g/mol. The van der Waals surface area contributed by atoms with Crippen LogP contribution in [0.25, 0.3) is 10.7 Å². The zero-order valence-corrected chi connectivity index (χ0v) is 18.5. The molecule has 1 aromatic carbocycles. The predicted octanol–water partition coefficient (Wildman–Crippen LogP) is 3.35. The van der Waals surface area contributed by atoms with Crippen molar-refractivity contribution in [1.29, 1.82) is 0 Å².